The van der Waals surface area contributed by atoms with Gasteiger partial charge in [-0.2, -0.15) is 4.98 Å². The maximum absolute atomic E-state index is 5.73. The van der Waals surface area contributed by atoms with Crippen LogP contribution < -0.4 is 5.73 Å². The normalized spacial score (nSPS) is 22.9. The molecule has 1 aliphatic carbocycles. The van der Waals surface area contributed by atoms with Crippen LogP contribution in [0.25, 0.3) is 11.4 Å². The first-order chi connectivity index (χ1) is 9.78. The summed E-state index contributed by atoms with van der Waals surface area (Å²) in [6, 6.07) is 1.96. The number of aromatic nitrogens is 3. The molecule has 0 radical (unpaired) electrons. The Kier molecular flexibility index (Phi) is 3.78. The Balaban J connectivity index is 1.76. The van der Waals surface area contributed by atoms with Crippen LogP contribution in [0.5, 0.6) is 0 Å². The van der Waals surface area contributed by atoms with Crippen LogP contribution in [0.1, 0.15) is 43.1 Å². The van der Waals surface area contributed by atoms with Crippen molar-refractivity contribution >= 4 is 0 Å². The van der Waals surface area contributed by atoms with Gasteiger partial charge in [-0.25, -0.2) is 0 Å². The summed E-state index contributed by atoms with van der Waals surface area (Å²) in [5, 5.41) is 4.11. The third-order valence-corrected chi connectivity index (χ3v) is 4.25. The molecule has 20 heavy (non-hydrogen) atoms. The van der Waals surface area contributed by atoms with Gasteiger partial charge < -0.3 is 10.3 Å². The number of hydrogen-bond acceptors (Lipinski definition) is 5. The molecule has 1 fully saturated rings. The number of nitrogens with zero attached hydrogens (tertiary/aromatic N) is 3. The highest BCUT2D eigenvalue weighted by molar-refractivity contribution is 5.57. The molecular formula is C15H20N4O. The molecule has 0 saturated heterocycles. The van der Waals surface area contributed by atoms with Gasteiger partial charge in [-0.3, -0.25) is 4.98 Å². The first kappa shape index (κ1) is 13.2. The molecule has 0 spiro atoms. The average molecular weight is 272 g/mol. The highest BCUT2D eigenvalue weighted by atomic mass is 16.5. The van der Waals surface area contributed by atoms with Crippen LogP contribution in [-0.4, -0.2) is 21.7 Å². The third-order valence-electron chi connectivity index (χ3n) is 4.25. The molecule has 2 aromatic heterocycles. The molecule has 2 heterocycles. The van der Waals surface area contributed by atoms with Gasteiger partial charge in [0.15, 0.2) is 0 Å². The third kappa shape index (κ3) is 2.58. The van der Waals surface area contributed by atoms with Gasteiger partial charge in [0.05, 0.1) is 0 Å². The van der Waals surface area contributed by atoms with E-state index in [1.165, 1.54) is 0 Å². The minimum atomic E-state index is 0.385. The summed E-state index contributed by atoms with van der Waals surface area (Å²) < 4.78 is 5.46. The lowest BCUT2D eigenvalue weighted by molar-refractivity contribution is 0.275. The van der Waals surface area contributed by atoms with Crippen molar-refractivity contribution in [1.82, 2.24) is 15.1 Å². The van der Waals surface area contributed by atoms with E-state index in [2.05, 4.69) is 15.1 Å². The highest BCUT2D eigenvalue weighted by Crippen LogP contribution is 2.35. The topological polar surface area (TPSA) is 77.8 Å². The summed E-state index contributed by atoms with van der Waals surface area (Å²) in [6.07, 6.45) is 8.06. The van der Waals surface area contributed by atoms with E-state index in [0.29, 0.717) is 17.7 Å². The summed E-state index contributed by atoms with van der Waals surface area (Å²) in [6.45, 7) is 2.82. The molecule has 2 N–H and O–H groups in total. The van der Waals surface area contributed by atoms with Gasteiger partial charge in [-0.05, 0) is 56.7 Å². The van der Waals surface area contributed by atoms with Crippen molar-refractivity contribution < 1.29 is 4.52 Å². The van der Waals surface area contributed by atoms with E-state index in [0.717, 1.165) is 49.2 Å². The average Bonchev–Trinajstić information content (AvgIpc) is 2.97. The second-order valence-corrected chi connectivity index (χ2v) is 5.60. The standard InChI is InChI=1S/C15H20N4O/c1-10-6-7-17-9-13(10)14-18-15(20-19-14)12-4-2-11(8-16)3-5-12/h6-7,9,11-12H,2-5,8,16H2,1H3. The zero-order valence-electron chi connectivity index (χ0n) is 11.7. The molecular weight excluding hydrogens is 252 g/mol. The smallest absolute Gasteiger partial charge is 0.230 e. The fraction of sp³-hybridized carbons (Fsp3) is 0.533. The molecule has 0 aliphatic heterocycles. The van der Waals surface area contributed by atoms with E-state index in [9.17, 15) is 0 Å². The minimum absolute atomic E-state index is 0.385. The molecule has 0 unspecified atom stereocenters. The zero-order chi connectivity index (χ0) is 13.9. The van der Waals surface area contributed by atoms with Crippen molar-refractivity contribution in [3.05, 3.63) is 29.9 Å². The minimum Gasteiger partial charge on any atom is -0.339 e. The first-order valence-electron chi connectivity index (χ1n) is 7.22. The van der Waals surface area contributed by atoms with Gasteiger partial charge in [0.25, 0.3) is 0 Å². The van der Waals surface area contributed by atoms with Gasteiger partial charge in [0.1, 0.15) is 0 Å². The lowest BCUT2D eigenvalue weighted by atomic mass is 9.82. The summed E-state index contributed by atoms with van der Waals surface area (Å²) in [5.74, 6) is 2.45. The predicted octanol–water partition coefficient (Wildman–Crippen LogP) is 2.67. The fourth-order valence-corrected chi connectivity index (χ4v) is 2.85. The Bertz CT molecular complexity index is 573. The van der Waals surface area contributed by atoms with Crippen molar-refractivity contribution in [2.75, 3.05) is 6.54 Å². The number of nitrogens with two attached hydrogens (primary N) is 1. The zero-order valence-corrected chi connectivity index (χ0v) is 11.7. The Morgan fingerprint density at radius 1 is 1.30 bits per heavy atom. The molecule has 0 aromatic carbocycles. The van der Waals surface area contributed by atoms with E-state index >= 15 is 0 Å². The van der Waals surface area contributed by atoms with Gasteiger partial charge in [0, 0.05) is 23.9 Å². The second-order valence-electron chi connectivity index (χ2n) is 5.60. The SMILES string of the molecule is Cc1ccncc1-c1noc(C2CCC(CN)CC2)n1. The van der Waals surface area contributed by atoms with Crippen molar-refractivity contribution in [2.45, 2.75) is 38.5 Å². The fourth-order valence-electron chi connectivity index (χ4n) is 2.85. The largest absolute Gasteiger partial charge is 0.339 e. The Morgan fingerprint density at radius 3 is 2.80 bits per heavy atom. The van der Waals surface area contributed by atoms with Crippen molar-refractivity contribution in [2.24, 2.45) is 11.7 Å². The molecule has 106 valence electrons. The molecule has 1 saturated carbocycles. The lowest BCUT2D eigenvalue weighted by Crippen LogP contribution is -2.20. The van der Waals surface area contributed by atoms with E-state index in [1.807, 2.05) is 13.0 Å². The van der Waals surface area contributed by atoms with E-state index in [4.69, 9.17) is 10.3 Å². The van der Waals surface area contributed by atoms with E-state index in [-0.39, 0.29) is 0 Å². The number of rotatable bonds is 3. The van der Waals surface area contributed by atoms with Crippen LogP contribution in [0.15, 0.2) is 23.0 Å². The lowest BCUT2D eigenvalue weighted by Gasteiger charge is -2.24. The maximum Gasteiger partial charge on any atom is 0.230 e. The monoisotopic (exact) mass is 272 g/mol. The number of hydrogen-bond donors (Lipinski definition) is 1. The molecule has 0 amide bonds. The Hall–Kier alpha value is -1.75. The Labute approximate surface area is 118 Å². The molecule has 0 bridgehead atoms. The summed E-state index contributed by atoms with van der Waals surface area (Å²) >= 11 is 0. The van der Waals surface area contributed by atoms with Crippen LogP contribution in [0.3, 0.4) is 0 Å². The quantitative estimate of drug-likeness (QED) is 0.929. The van der Waals surface area contributed by atoms with Crippen LogP contribution >= 0.6 is 0 Å². The number of aryl methyl sites for hydroxylation is 1. The van der Waals surface area contributed by atoms with Crippen LogP contribution in [0, 0.1) is 12.8 Å². The van der Waals surface area contributed by atoms with Crippen molar-refractivity contribution in [3.8, 4) is 11.4 Å². The predicted molar refractivity (Wildman–Crippen MR) is 76.0 cm³/mol. The highest BCUT2D eigenvalue weighted by Gasteiger charge is 2.26. The van der Waals surface area contributed by atoms with Gasteiger partial charge >= 0.3 is 0 Å². The van der Waals surface area contributed by atoms with Gasteiger partial charge in [-0.15, -0.1) is 0 Å². The molecule has 5 heteroatoms. The van der Waals surface area contributed by atoms with E-state index in [1.54, 1.807) is 12.4 Å². The maximum atomic E-state index is 5.73. The first-order valence-corrected chi connectivity index (χ1v) is 7.22. The van der Waals surface area contributed by atoms with Crippen molar-refractivity contribution in [1.29, 1.82) is 0 Å². The van der Waals surface area contributed by atoms with Crippen LogP contribution in [0.4, 0.5) is 0 Å². The van der Waals surface area contributed by atoms with Crippen LogP contribution in [0.2, 0.25) is 0 Å². The summed E-state index contributed by atoms with van der Waals surface area (Å²) in [7, 11) is 0. The van der Waals surface area contributed by atoms with E-state index < -0.39 is 0 Å². The second kappa shape index (κ2) is 5.71. The number of pyridine rings is 1. The Morgan fingerprint density at radius 2 is 2.10 bits per heavy atom. The van der Waals surface area contributed by atoms with Gasteiger partial charge in [0.2, 0.25) is 11.7 Å². The molecule has 5 nitrogen and oxygen atoms in total. The molecule has 1 aliphatic rings. The summed E-state index contributed by atoms with van der Waals surface area (Å²) in [4.78, 5) is 8.70. The molecule has 0 atom stereocenters. The van der Waals surface area contributed by atoms with Crippen molar-refractivity contribution in [3.63, 3.8) is 0 Å². The molecule has 2 aromatic rings. The van der Waals surface area contributed by atoms with Crippen LogP contribution in [-0.2, 0) is 0 Å². The molecule has 3 rings (SSSR count). The van der Waals surface area contributed by atoms with Gasteiger partial charge in [-0.1, -0.05) is 5.16 Å². The summed E-state index contributed by atoms with van der Waals surface area (Å²) in [5.41, 5.74) is 7.78.